The lowest BCUT2D eigenvalue weighted by Gasteiger charge is -2.32. The molecule has 0 spiro atoms. The molecular formula is C30H33BrF3N3O4S. The number of aryl methyl sites for hydroxylation is 1. The number of amides is 2. The van der Waals surface area contributed by atoms with Crippen LogP contribution in [0.1, 0.15) is 43.9 Å². The van der Waals surface area contributed by atoms with E-state index < -0.39 is 46.2 Å². The first kappa shape index (κ1) is 33.1. The van der Waals surface area contributed by atoms with Gasteiger partial charge in [0.05, 0.1) is 16.1 Å². The summed E-state index contributed by atoms with van der Waals surface area (Å²) in [5.41, 5.74) is 0.0339. The Bertz CT molecular complexity index is 1510. The normalized spacial score (nSPS) is 13.2. The summed E-state index contributed by atoms with van der Waals surface area (Å²) in [6, 6.07) is 15.4. The molecule has 2 amide bonds. The molecule has 0 saturated heterocycles. The van der Waals surface area contributed by atoms with Gasteiger partial charge in [-0.3, -0.25) is 13.9 Å². The average Bonchev–Trinajstić information content (AvgIpc) is 2.93. The van der Waals surface area contributed by atoms with Crippen LogP contribution >= 0.6 is 15.9 Å². The monoisotopic (exact) mass is 667 g/mol. The van der Waals surface area contributed by atoms with Crippen LogP contribution in [-0.4, -0.2) is 43.8 Å². The van der Waals surface area contributed by atoms with E-state index in [1.165, 1.54) is 30.0 Å². The van der Waals surface area contributed by atoms with Crippen molar-refractivity contribution in [3.05, 3.63) is 94.0 Å². The van der Waals surface area contributed by atoms with Crippen molar-refractivity contribution in [2.45, 2.75) is 63.8 Å². The molecule has 12 heteroatoms. The van der Waals surface area contributed by atoms with Crippen LogP contribution in [0.4, 0.5) is 18.9 Å². The Balaban J connectivity index is 2.09. The molecule has 0 aliphatic carbocycles. The van der Waals surface area contributed by atoms with E-state index in [4.69, 9.17) is 0 Å². The van der Waals surface area contributed by atoms with E-state index in [0.29, 0.717) is 22.4 Å². The van der Waals surface area contributed by atoms with Gasteiger partial charge in [0.15, 0.2) is 0 Å². The number of nitrogens with zero attached hydrogens (tertiary/aromatic N) is 2. The number of benzene rings is 3. The summed E-state index contributed by atoms with van der Waals surface area (Å²) in [6.45, 7) is 6.10. The Morgan fingerprint density at radius 2 is 1.62 bits per heavy atom. The molecule has 7 nitrogen and oxygen atoms in total. The summed E-state index contributed by atoms with van der Waals surface area (Å²) < 4.78 is 69.9. The van der Waals surface area contributed by atoms with Crippen molar-refractivity contribution in [1.82, 2.24) is 10.2 Å². The largest absolute Gasteiger partial charge is 0.416 e. The van der Waals surface area contributed by atoms with Gasteiger partial charge in [-0.1, -0.05) is 58.7 Å². The van der Waals surface area contributed by atoms with Crippen LogP contribution in [0.3, 0.4) is 0 Å². The third-order valence-electron chi connectivity index (χ3n) is 6.76. The van der Waals surface area contributed by atoms with Crippen LogP contribution in [0, 0.1) is 6.92 Å². The minimum atomic E-state index is -4.74. The van der Waals surface area contributed by atoms with Crippen molar-refractivity contribution in [2.75, 3.05) is 10.8 Å². The molecule has 0 aromatic heterocycles. The molecule has 2 atom stereocenters. The molecule has 0 saturated carbocycles. The molecule has 0 aliphatic rings. The number of hydrogen-bond acceptors (Lipinski definition) is 4. The van der Waals surface area contributed by atoms with Gasteiger partial charge >= 0.3 is 6.18 Å². The van der Waals surface area contributed by atoms with E-state index in [9.17, 15) is 31.2 Å². The van der Waals surface area contributed by atoms with Crippen molar-refractivity contribution in [2.24, 2.45) is 0 Å². The van der Waals surface area contributed by atoms with Gasteiger partial charge < -0.3 is 10.2 Å². The minimum Gasteiger partial charge on any atom is -0.352 e. The fourth-order valence-corrected chi connectivity index (χ4v) is 5.94. The van der Waals surface area contributed by atoms with Gasteiger partial charge in [-0.05, 0) is 75.2 Å². The highest BCUT2D eigenvalue weighted by Gasteiger charge is 2.35. The molecule has 42 heavy (non-hydrogen) atoms. The van der Waals surface area contributed by atoms with Gasteiger partial charge in [0.2, 0.25) is 11.8 Å². The van der Waals surface area contributed by atoms with Gasteiger partial charge in [-0.15, -0.1) is 0 Å². The maximum Gasteiger partial charge on any atom is 0.416 e. The number of anilines is 1. The second kappa shape index (κ2) is 13.7. The van der Waals surface area contributed by atoms with E-state index in [-0.39, 0.29) is 23.2 Å². The van der Waals surface area contributed by atoms with Gasteiger partial charge in [-0.25, -0.2) is 8.42 Å². The number of carbonyl (C=O) groups excluding carboxylic acids is 2. The number of sulfonamides is 1. The third kappa shape index (κ3) is 8.34. The maximum absolute atomic E-state index is 13.9. The smallest absolute Gasteiger partial charge is 0.352 e. The average molecular weight is 669 g/mol. The summed E-state index contributed by atoms with van der Waals surface area (Å²) >= 11 is 3.39. The quantitative estimate of drug-likeness (QED) is 0.260. The van der Waals surface area contributed by atoms with Crippen molar-refractivity contribution in [3.63, 3.8) is 0 Å². The molecule has 0 bridgehead atoms. The van der Waals surface area contributed by atoms with E-state index in [1.807, 2.05) is 13.8 Å². The molecule has 0 unspecified atom stereocenters. The highest BCUT2D eigenvalue weighted by atomic mass is 79.9. The van der Waals surface area contributed by atoms with Gasteiger partial charge in [0, 0.05) is 17.1 Å². The van der Waals surface area contributed by atoms with Crippen LogP contribution in [0.25, 0.3) is 0 Å². The topological polar surface area (TPSA) is 86.8 Å². The van der Waals surface area contributed by atoms with Crippen LogP contribution in [0.5, 0.6) is 0 Å². The number of rotatable bonds is 11. The standard InChI is InChI=1S/C30H33BrF3N3O4S/c1-5-21(3)35-29(39)22(4)36(18-23-8-6-10-25(31)16-23)28(38)19-37(26-11-7-9-24(17-26)30(32,33)34)42(40,41)27-14-12-20(2)13-15-27/h6-17,21-22H,5,18-19H2,1-4H3,(H,35,39)/t21-,22+/m1/s1. The van der Waals surface area contributed by atoms with Crippen LogP contribution in [0.2, 0.25) is 0 Å². The highest BCUT2D eigenvalue weighted by molar-refractivity contribution is 9.10. The SMILES string of the molecule is CC[C@@H](C)NC(=O)[C@H](C)N(Cc1cccc(Br)c1)C(=O)CN(c1cccc(C(F)(F)F)c1)S(=O)(=O)c1ccc(C)cc1. The second-order valence-electron chi connectivity index (χ2n) is 10.0. The fraction of sp³-hybridized carbons (Fsp3) is 0.333. The zero-order valence-electron chi connectivity index (χ0n) is 23.7. The second-order valence-corrected chi connectivity index (χ2v) is 12.8. The van der Waals surface area contributed by atoms with Crippen LogP contribution in [-0.2, 0) is 32.3 Å². The Morgan fingerprint density at radius 3 is 2.21 bits per heavy atom. The summed E-state index contributed by atoms with van der Waals surface area (Å²) in [5.74, 6) is -1.21. The number of nitrogens with one attached hydrogen (secondary N) is 1. The molecule has 3 rings (SSSR count). The lowest BCUT2D eigenvalue weighted by molar-refractivity contribution is -0.139. The fourth-order valence-electron chi connectivity index (χ4n) is 4.08. The number of carbonyl (C=O) groups is 2. The Hall–Kier alpha value is -3.38. The maximum atomic E-state index is 13.9. The first-order chi connectivity index (χ1) is 19.6. The zero-order chi connectivity index (χ0) is 31.2. The van der Waals surface area contributed by atoms with Gasteiger partial charge in [-0.2, -0.15) is 13.2 Å². The molecule has 0 fully saturated rings. The molecule has 3 aromatic carbocycles. The predicted molar refractivity (Wildman–Crippen MR) is 159 cm³/mol. The van der Waals surface area contributed by atoms with Crippen molar-refractivity contribution >= 4 is 43.5 Å². The number of hydrogen-bond donors (Lipinski definition) is 1. The molecule has 0 heterocycles. The van der Waals surface area contributed by atoms with Crippen molar-refractivity contribution in [1.29, 1.82) is 0 Å². The van der Waals surface area contributed by atoms with Gasteiger partial charge in [0.1, 0.15) is 12.6 Å². The Kier molecular flexibility index (Phi) is 10.8. The first-order valence-electron chi connectivity index (χ1n) is 13.2. The van der Waals surface area contributed by atoms with Crippen molar-refractivity contribution in [3.8, 4) is 0 Å². The number of halogens is 4. The Labute approximate surface area is 252 Å². The highest BCUT2D eigenvalue weighted by Crippen LogP contribution is 2.33. The van der Waals surface area contributed by atoms with Crippen LogP contribution in [0.15, 0.2) is 82.2 Å². The predicted octanol–water partition coefficient (Wildman–Crippen LogP) is 6.30. The molecule has 0 aliphatic heterocycles. The van der Waals surface area contributed by atoms with E-state index >= 15 is 0 Å². The zero-order valence-corrected chi connectivity index (χ0v) is 26.1. The summed E-state index contributed by atoms with van der Waals surface area (Å²) in [7, 11) is -4.50. The van der Waals surface area contributed by atoms with E-state index in [2.05, 4.69) is 21.2 Å². The molecule has 0 radical (unpaired) electrons. The summed E-state index contributed by atoms with van der Waals surface area (Å²) in [4.78, 5) is 28.1. The Morgan fingerprint density at radius 1 is 0.976 bits per heavy atom. The molecular weight excluding hydrogens is 635 g/mol. The lowest BCUT2D eigenvalue weighted by atomic mass is 10.1. The lowest BCUT2D eigenvalue weighted by Crippen LogP contribution is -2.52. The third-order valence-corrected chi connectivity index (χ3v) is 9.04. The molecule has 226 valence electrons. The molecule has 3 aromatic rings. The first-order valence-corrected chi connectivity index (χ1v) is 15.5. The summed E-state index contributed by atoms with van der Waals surface area (Å²) in [6.07, 6.45) is -4.09. The summed E-state index contributed by atoms with van der Waals surface area (Å²) in [5, 5.41) is 2.83. The van der Waals surface area contributed by atoms with E-state index in [0.717, 1.165) is 22.2 Å². The van der Waals surface area contributed by atoms with Crippen LogP contribution < -0.4 is 9.62 Å². The van der Waals surface area contributed by atoms with E-state index in [1.54, 1.807) is 43.3 Å². The van der Waals surface area contributed by atoms with Gasteiger partial charge in [0.25, 0.3) is 10.0 Å². The number of alkyl halides is 3. The molecule has 1 N–H and O–H groups in total. The van der Waals surface area contributed by atoms with Crippen molar-refractivity contribution < 1.29 is 31.2 Å². The minimum absolute atomic E-state index is 0.0472.